The summed E-state index contributed by atoms with van der Waals surface area (Å²) in [4.78, 5) is 42.0. The fourth-order valence-corrected chi connectivity index (χ4v) is 6.54. The van der Waals surface area contributed by atoms with Crippen molar-refractivity contribution in [3.05, 3.63) is 75.9 Å². The second kappa shape index (κ2) is 7.54. The molecule has 7 rings (SSSR count). The van der Waals surface area contributed by atoms with Gasteiger partial charge in [0.1, 0.15) is 6.04 Å². The van der Waals surface area contributed by atoms with Crippen LogP contribution >= 0.6 is 22.6 Å². The summed E-state index contributed by atoms with van der Waals surface area (Å²) in [7, 11) is 0. The topological polar surface area (TPSA) is 66.5 Å². The molecule has 1 N–H and O–H groups in total. The predicted molar refractivity (Wildman–Crippen MR) is 128 cm³/mol. The van der Waals surface area contributed by atoms with Gasteiger partial charge >= 0.3 is 0 Å². The number of allylic oxidation sites excluding steroid dienone is 2. The van der Waals surface area contributed by atoms with Gasteiger partial charge in [-0.1, -0.05) is 42.5 Å². The Bertz CT molecular complexity index is 1090. The summed E-state index contributed by atoms with van der Waals surface area (Å²) in [6, 6.07) is 16.3. The normalized spacial score (nSPS) is 32.5. The number of nitrogens with one attached hydrogen (secondary N) is 1. The molecule has 6 heteroatoms. The Hall–Kier alpha value is -2.48. The highest BCUT2D eigenvalue weighted by atomic mass is 127. The number of hydrogen-bond donors (Lipinski definition) is 1. The van der Waals surface area contributed by atoms with E-state index in [9.17, 15) is 14.4 Å². The zero-order chi connectivity index (χ0) is 22.0. The summed E-state index contributed by atoms with van der Waals surface area (Å²) in [6.45, 7) is 0. The molecular formula is C26H23IN2O3. The number of carbonyl (C=O) groups excluding carboxylic acids is 3. The minimum Gasteiger partial charge on any atom is -0.324 e. The van der Waals surface area contributed by atoms with Crippen LogP contribution in [0.4, 0.5) is 5.69 Å². The lowest BCUT2D eigenvalue weighted by molar-refractivity contribution is -0.146. The van der Waals surface area contributed by atoms with E-state index in [1.54, 1.807) is 0 Å². The lowest BCUT2D eigenvalue weighted by atomic mass is 9.63. The van der Waals surface area contributed by atoms with Gasteiger partial charge in [0, 0.05) is 15.7 Å². The van der Waals surface area contributed by atoms with Crippen molar-refractivity contribution in [2.75, 3.05) is 5.32 Å². The first-order valence-corrected chi connectivity index (χ1v) is 12.3. The number of benzene rings is 2. The van der Waals surface area contributed by atoms with E-state index < -0.39 is 6.04 Å². The number of nitrogens with zero attached hydrogens (tertiary/aromatic N) is 1. The van der Waals surface area contributed by atoms with Gasteiger partial charge in [0.2, 0.25) is 17.7 Å². The summed E-state index contributed by atoms with van der Waals surface area (Å²) in [5, 5.41) is 2.94. The van der Waals surface area contributed by atoms with Crippen molar-refractivity contribution in [3.63, 3.8) is 0 Å². The van der Waals surface area contributed by atoms with E-state index >= 15 is 0 Å². The van der Waals surface area contributed by atoms with Gasteiger partial charge in [-0.05, 0) is 82.5 Å². The molecule has 0 spiro atoms. The molecule has 0 aromatic heterocycles. The van der Waals surface area contributed by atoms with Crippen molar-refractivity contribution in [3.8, 4) is 0 Å². The van der Waals surface area contributed by atoms with Crippen molar-refractivity contribution < 1.29 is 14.4 Å². The molecule has 5 nitrogen and oxygen atoms in total. The second-order valence-corrected chi connectivity index (χ2v) is 10.6. The fraction of sp³-hybridized carbons (Fsp3) is 0.346. The van der Waals surface area contributed by atoms with E-state index in [-0.39, 0.29) is 41.4 Å². The number of anilines is 1. The van der Waals surface area contributed by atoms with Gasteiger partial charge in [0.15, 0.2) is 0 Å². The fourth-order valence-electron chi connectivity index (χ4n) is 6.18. The molecule has 2 aromatic carbocycles. The number of rotatable bonds is 5. The molecule has 4 aliphatic carbocycles. The number of likely N-dealkylation sites (tertiary alicyclic amines) is 1. The third-order valence-electron chi connectivity index (χ3n) is 7.69. The molecule has 7 atom stereocenters. The van der Waals surface area contributed by atoms with Crippen LogP contribution in [-0.4, -0.2) is 28.7 Å². The van der Waals surface area contributed by atoms with Crippen LogP contribution in [0.1, 0.15) is 12.0 Å². The largest absolute Gasteiger partial charge is 0.324 e. The Kier molecular flexibility index (Phi) is 4.75. The molecule has 1 heterocycles. The van der Waals surface area contributed by atoms with Crippen molar-refractivity contribution >= 4 is 46.0 Å². The van der Waals surface area contributed by atoms with Gasteiger partial charge in [-0.3, -0.25) is 19.3 Å². The highest BCUT2D eigenvalue weighted by molar-refractivity contribution is 14.1. The van der Waals surface area contributed by atoms with Crippen molar-refractivity contribution in [1.82, 2.24) is 4.90 Å². The number of carbonyl (C=O) groups is 3. The van der Waals surface area contributed by atoms with E-state index in [1.165, 1.54) is 4.90 Å². The van der Waals surface area contributed by atoms with Gasteiger partial charge in [0.25, 0.3) is 0 Å². The Balaban J connectivity index is 1.33. The summed E-state index contributed by atoms with van der Waals surface area (Å²) in [5.74, 6) is 0.123. The number of hydrogen-bond acceptors (Lipinski definition) is 3. The zero-order valence-electron chi connectivity index (χ0n) is 17.4. The Morgan fingerprint density at radius 2 is 1.53 bits per heavy atom. The minimum absolute atomic E-state index is 0.146. The molecule has 0 unspecified atom stereocenters. The van der Waals surface area contributed by atoms with Gasteiger partial charge in [-0.2, -0.15) is 0 Å². The molecule has 1 aliphatic heterocycles. The molecule has 3 fully saturated rings. The molecular weight excluding hydrogens is 515 g/mol. The maximum Gasteiger partial charge on any atom is 0.248 e. The number of amides is 3. The maximum atomic E-state index is 13.6. The molecule has 5 aliphatic rings. The third-order valence-corrected chi connectivity index (χ3v) is 8.41. The Morgan fingerprint density at radius 3 is 2.12 bits per heavy atom. The van der Waals surface area contributed by atoms with E-state index in [4.69, 9.17) is 0 Å². The van der Waals surface area contributed by atoms with Gasteiger partial charge in [0.05, 0.1) is 11.8 Å². The second-order valence-electron chi connectivity index (χ2n) is 9.40. The monoisotopic (exact) mass is 538 g/mol. The summed E-state index contributed by atoms with van der Waals surface area (Å²) >= 11 is 2.21. The van der Waals surface area contributed by atoms with E-state index in [1.807, 2.05) is 54.6 Å². The average Bonchev–Trinajstić information content (AvgIpc) is 3.58. The van der Waals surface area contributed by atoms with Crippen LogP contribution in [0.25, 0.3) is 0 Å². The summed E-state index contributed by atoms with van der Waals surface area (Å²) in [5.41, 5.74) is 1.59. The van der Waals surface area contributed by atoms with Gasteiger partial charge in [-0.15, -0.1) is 0 Å². The predicted octanol–water partition coefficient (Wildman–Crippen LogP) is 3.89. The van der Waals surface area contributed by atoms with Gasteiger partial charge in [-0.25, -0.2) is 0 Å². The Morgan fingerprint density at radius 1 is 0.938 bits per heavy atom. The summed E-state index contributed by atoms with van der Waals surface area (Å²) in [6.07, 6.45) is 5.75. The summed E-state index contributed by atoms with van der Waals surface area (Å²) < 4.78 is 1.07. The standard InChI is InChI=1S/C26H23IN2O3/c27-15-6-8-16(9-7-15)28-24(30)21(12-14-4-2-1-3-5-14)29-25(31)22-17-10-11-18(20-13-19(17)20)23(22)26(29)32/h1-11,17-23H,12-13H2,(H,28,30)/t17-,18-,19-,20+,21-,22-,23+/m0/s1. The van der Waals surface area contributed by atoms with Crippen LogP contribution in [0, 0.1) is 39.1 Å². The molecule has 3 amide bonds. The van der Waals surface area contributed by atoms with Crippen molar-refractivity contribution in [2.45, 2.75) is 18.9 Å². The maximum absolute atomic E-state index is 13.6. The molecule has 162 valence electrons. The molecule has 1 saturated heterocycles. The van der Waals surface area contributed by atoms with Gasteiger partial charge < -0.3 is 5.32 Å². The molecule has 2 saturated carbocycles. The minimum atomic E-state index is -0.863. The number of imide groups is 1. The zero-order valence-corrected chi connectivity index (χ0v) is 19.5. The smallest absolute Gasteiger partial charge is 0.248 e. The number of halogens is 1. The van der Waals surface area contributed by atoms with E-state index in [0.717, 1.165) is 15.6 Å². The lowest BCUT2D eigenvalue weighted by Gasteiger charge is -2.37. The first-order chi connectivity index (χ1) is 15.5. The van der Waals surface area contributed by atoms with Crippen LogP contribution in [0.5, 0.6) is 0 Å². The van der Waals surface area contributed by atoms with Crippen LogP contribution in [0.2, 0.25) is 0 Å². The SMILES string of the molecule is O=C(Nc1ccc(I)cc1)[C@H](Cc1ccccc1)N1C(=O)[C@@H]2[C@H]3C=C[C@@H]([C@@H]4C[C@H]34)[C@@H]2C1=O. The highest BCUT2D eigenvalue weighted by Gasteiger charge is 2.67. The first kappa shape index (κ1) is 20.1. The highest BCUT2D eigenvalue weighted by Crippen LogP contribution is 2.65. The van der Waals surface area contributed by atoms with Crippen LogP contribution in [0.3, 0.4) is 0 Å². The average molecular weight is 538 g/mol. The molecule has 0 radical (unpaired) electrons. The van der Waals surface area contributed by atoms with Crippen LogP contribution in [-0.2, 0) is 20.8 Å². The first-order valence-electron chi connectivity index (χ1n) is 11.2. The van der Waals surface area contributed by atoms with Crippen molar-refractivity contribution in [1.29, 1.82) is 0 Å². The van der Waals surface area contributed by atoms with E-state index in [2.05, 4.69) is 40.1 Å². The quantitative estimate of drug-likeness (QED) is 0.357. The molecule has 2 aromatic rings. The lowest BCUT2D eigenvalue weighted by Crippen LogP contribution is -2.49. The molecule has 2 bridgehead atoms. The van der Waals surface area contributed by atoms with Crippen LogP contribution in [0.15, 0.2) is 66.7 Å². The molecule has 32 heavy (non-hydrogen) atoms. The van der Waals surface area contributed by atoms with Crippen LogP contribution < -0.4 is 5.32 Å². The Labute approximate surface area is 200 Å². The van der Waals surface area contributed by atoms with E-state index in [0.29, 0.717) is 23.9 Å². The van der Waals surface area contributed by atoms with Crippen molar-refractivity contribution in [2.24, 2.45) is 35.5 Å². The third kappa shape index (κ3) is 3.14.